The first-order valence-electron chi connectivity index (χ1n) is 7.94. The Bertz CT molecular complexity index is 926. The first-order valence-corrected chi connectivity index (χ1v) is 8.32. The number of halogens is 1. The standard InChI is InChI=1S/C18H15ClN4O2/c1-11-13(19)5-4-7-15(11)23-10-12(9-16(23)24)17-21-18(25-22-17)14-6-2-3-8-20-14/h2-8,12H,9-10H2,1H3. The molecule has 25 heavy (non-hydrogen) atoms. The smallest absolute Gasteiger partial charge is 0.276 e. The first-order chi connectivity index (χ1) is 12.1. The number of anilines is 1. The lowest BCUT2D eigenvalue weighted by Gasteiger charge is -2.19. The van der Waals surface area contributed by atoms with Crippen molar-refractivity contribution in [1.82, 2.24) is 15.1 Å². The fraction of sp³-hybridized carbons (Fsp3) is 0.222. The molecule has 3 aromatic rings. The van der Waals surface area contributed by atoms with Gasteiger partial charge in [0, 0.05) is 35.8 Å². The third kappa shape index (κ3) is 2.89. The fourth-order valence-electron chi connectivity index (χ4n) is 3.00. The second-order valence-corrected chi connectivity index (χ2v) is 6.37. The van der Waals surface area contributed by atoms with Crippen LogP contribution < -0.4 is 4.90 Å². The molecule has 4 rings (SSSR count). The van der Waals surface area contributed by atoms with Crippen LogP contribution in [0.25, 0.3) is 11.6 Å². The van der Waals surface area contributed by atoms with Gasteiger partial charge in [0.25, 0.3) is 5.89 Å². The van der Waals surface area contributed by atoms with E-state index in [4.69, 9.17) is 16.1 Å². The van der Waals surface area contributed by atoms with Gasteiger partial charge in [-0.2, -0.15) is 4.98 Å². The van der Waals surface area contributed by atoms with Gasteiger partial charge in [-0.3, -0.25) is 9.78 Å². The van der Waals surface area contributed by atoms with E-state index in [2.05, 4.69) is 15.1 Å². The van der Waals surface area contributed by atoms with Crippen molar-refractivity contribution in [3.05, 3.63) is 59.0 Å². The molecule has 126 valence electrons. The van der Waals surface area contributed by atoms with E-state index in [0.717, 1.165) is 11.3 Å². The maximum absolute atomic E-state index is 12.5. The Labute approximate surface area is 149 Å². The van der Waals surface area contributed by atoms with E-state index >= 15 is 0 Å². The molecule has 1 aliphatic heterocycles. The maximum atomic E-state index is 12.5. The minimum absolute atomic E-state index is 0.0274. The lowest BCUT2D eigenvalue weighted by Crippen LogP contribution is -2.25. The normalized spacial score (nSPS) is 17.3. The molecule has 0 radical (unpaired) electrons. The van der Waals surface area contributed by atoms with Crippen molar-refractivity contribution in [2.75, 3.05) is 11.4 Å². The monoisotopic (exact) mass is 354 g/mol. The summed E-state index contributed by atoms with van der Waals surface area (Å²) in [5, 5.41) is 4.69. The van der Waals surface area contributed by atoms with E-state index < -0.39 is 0 Å². The number of pyridine rings is 1. The van der Waals surface area contributed by atoms with Crippen LogP contribution in [0.5, 0.6) is 0 Å². The van der Waals surface area contributed by atoms with Gasteiger partial charge in [-0.1, -0.05) is 28.9 Å². The molecule has 0 N–H and O–H groups in total. The molecule has 1 fully saturated rings. The summed E-state index contributed by atoms with van der Waals surface area (Å²) < 4.78 is 5.31. The molecule has 1 unspecified atom stereocenters. The summed E-state index contributed by atoms with van der Waals surface area (Å²) in [6.07, 6.45) is 2.01. The van der Waals surface area contributed by atoms with Crippen molar-refractivity contribution in [1.29, 1.82) is 0 Å². The van der Waals surface area contributed by atoms with Gasteiger partial charge in [0.1, 0.15) is 5.69 Å². The van der Waals surface area contributed by atoms with Gasteiger partial charge in [-0.15, -0.1) is 0 Å². The molecule has 0 saturated carbocycles. The molecule has 1 aromatic carbocycles. The van der Waals surface area contributed by atoms with Crippen LogP contribution in [0.1, 0.15) is 23.7 Å². The highest BCUT2D eigenvalue weighted by Gasteiger charge is 2.35. The van der Waals surface area contributed by atoms with Gasteiger partial charge in [0.15, 0.2) is 5.82 Å². The van der Waals surface area contributed by atoms with Crippen molar-refractivity contribution >= 4 is 23.2 Å². The zero-order chi connectivity index (χ0) is 17.4. The molecular weight excluding hydrogens is 340 g/mol. The molecule has 1 atom stereocenters. The number of carbonyl (C=O) groups excluding carboxylic acids is 1. The second-order valence-electron chi connectivity index (χ2n) is 5.96. The fourth-order valence-corrected chi connectivity index (χ4v) is 3.17. The number of amides is 1. The summed E-state index contributed by atoms with van der Waals surface area (Å²) in [7, 11) is 0. The van der Waals surface area contributed by atoms with Crippen LogP contribution in [-0.4, -0.2) is 27.6 Å². The number of aromatic nitrogens is 3. The molecule has 6 nitrogen and oxygen atoms in total. The van der Waals surface area contributed by atoms with E-state index in [1.165, 1.54) is 0 Å². The SMILES string of the molecule is Cc1c(Cl)cccc1N1CC(c2noc(-c3ccccn3)n2)CC1=O. The molecule has 1 aliphatic rings. The number of benzene rings is 1. The van der Waals surface area contributed by atoms with Crippen LogP contribution in [0.15, 0.2) is 47.1 Å². The summed E-state index contributed by atoms with van der Waals surface area (Å²) in [5.41, 5.74) is 2.34. The third-order valence-corrected chi connectivity index (χ3v) is 4.76. The van der Waals surface area contributed by atoms with Gasteiger partial charge in [0.05, 0.1) is 0 Å². The topological polar surface area (TPSA) is 72.1 Å². The molecular formula is C18H15ClN4O2. The highest BCUT2D eigenvalue weighted by atomic mass is 35.5. The summed E-state index contributed by atoms with van der Waals surface area (Å²) in [6, 6.07) is 11.0. The number of rotatable bonds is 3. The molecule has 0 spiro atoms. The molecule has 0 bridgehead atoms. The zero-order valence-corrected chi connectivity index (χ0v) is 14.3. The molecule has 1 amide bonds. The average molecular weight is 355 g/mol. The van der Waals surface area contributed by atoms with Gasteiger partial charge in [0.2, 0.25) is 5.91 Å². The molecule has 3 heterocycles. The van der Waals surface area contributed by atoms with Crippen LogP contribution >= 0.6 is 11.6 Å². The van der Waals surface area contributed by atoms with Crippen LogP contribution in [0.3, 0.4) is 0 Å². The van der Waals surface area contributed by atoms with Gasteiger partial charge in [-0.25, -0.2) is 0 Å². The Morgan fingerprint density at radius 2 is 2.12 bits per heavy atom. The molecule has 0 aliphatic carbocycles. The quantitative estimate of drug-likeness (QED) is 0.718. The van der Waals surface area contributed by atoms with E-state index in [0.29, 0.717) is 35.4 Å². The van der Waals surface area contributed by atoms with E-state index in [1.807, 2.05) is 37.3 Å². The summed E-state index contributed by atoms with van der Waals surface area (Å²) in [4.78, 5) is 22.8. The molecule has 2 aromatic heterocycles. The van der Waals surface area contributed by atoms with Crippen molar-refractivity contribution in [2.45, 2.75) is 19.3 Å². The van der Waals surface area contributed by atoms with E-state index in [-0.39, 0.29) is 11.8 Å². The lowest BCUT2D eigenvalue weighted by molar-refractivity contribution is -0.117. The first kappa shape index (κ1) is 15.8. The minimum atomic E-state index is -0.118. The van der Waals surface area contributed by atoms with Gasteiger partial charge in [-0.05, 0) is 36.8 Å². The second kappa shape index (κ2) is 6.29. The summed E-state index contributed by atoms with van der Waals surface area (Å²) in [6.45, 7) is 2.41. The highest BCUT2D eigenvalue weighted by molar-refractivity contribution is 6.31. The zero-order valence-electron chi connectivity index (χ0n) is 13.5. The van der Waals surface area contributed by atoms with Crippen molar-refractivity contribution < 1.29 is 9.32 Å². The Kier molecular flexibility index (Phi) is 3.97. The molecule has 1 saturated heterocycles. The van der Waals surface area contributed by atoms with Crippen LogP contribution in [0, 0.1) is 6.92 Å². The number of nitrogens with zero attached hydrogens (tertiary/aromatic N) is 4. The van der Waals surface area contributed by atoms with E-state index in [9.17, 15) is 4.79 Å². The van der Waals surface area contributed by atoms with Crippen LogP contribution in [0.2, 0.25) is 5.02 Å². The Balaban J connectivity index is 1.59. The minimum Gasteiger partial charge on any atom is -0.332 e. The van der Waals surface area contributed by atoms with Crippen LogP contribution in [0.4, 0.5) is 5.69 Å². The predicted molar refractivity (Wildman–Crippen MR) is 93.4 cm³/mol. The largest absolute Gasteiger partial charge is 0.332 e. The van der Waals surface area contributed by atoms with Gasteiger partial charge < -0.3 is 9.42 Å². The predicted octanol–water partition coefficient (Wildman–Crippen LogP) is 3.61. The maximum Gasteiger partial charge on any atom is 0.276 e. The van der Waals surface area contributed by atoms with Crippen molar-refractivity contribution in [3.8, 4) is 11.6 Å². The summed E-state index contributed by atoms with van der Waals surface area (Å²) in [5.74, 6) is 0.795. The summed E-state index contributed by atoms with van der Waals surface area (Å²) >= 11 is 6.18. The van der Waals surface area contributed by atoms with E-state index in [1.54, 1.807) is 17.2 Å². The Morgan fingerprint density at radius 3 is 2.92 bits per heavy atom. The Morgan fingerprint density at radius 1 is 1.24 bits per heavy atom. The molecule has 7 heteroatoms. The lowest BCUT2D eigenvalue weighted by atomic mass is 10.1. The number of carbonyl (C=O) groups is 1. The van der Waals surface area contributed by atoms with Crippen molar-refractivity contribution in [2.24, 2.45) is 0 Å². The third-order valence-electron chi connectivity index (χ3n) is 4.35. The van der Waals surface area contributed by atoms with Gasteiger partial charge >= 0.3 is 0 Å². The number of hydrogen-bond donors (Lipinski definition) is 0. The highest BCUT2D eigenvalue weighted by Crippen LogP contribution is 2.34. The van der Waals surface area contributed by atoms with Crippen LogP contribution in [-0.2, 0) is 4.79 Å². The number of hydrogen-bond acceptors (Lipinski definition) is 5. The Hall–Kier alpha value is -2.73. The van der Waals surface area contributed by atoms with Crippen molar-refractivity contribution in [3.63, 3.8) is 0 Å². The average Bonchev–Trinajstić information content (AvgIpc) is 3.25.